The summed E-state index contributed by atoms with van der Waals surface area (Å²) in [4.78, 5) is 25.9. The molecule has 0 saturated carbocycles. The maximum Gasteiger partial charge on any atom is 0.320 e. The normalized spacial score (nSPS) is 14.3. The zero-order chi connectivity index (χ0) is 13.0. The van der Waals surface area contributed by atoms with E-state index in [-0.39, 0.29) is 6.42 Å². The van der Waals surface area contributed by atoms with Gasteiger partial charge in [-0.15, -0.1) is 0 Å². The Hall–Kier alpha value is -1.77. The monoisotopic (exact) mass is 242 g/mol. The number of imidazole rings is 1. The van der Waals surface area contributed by atoms with Crippen molar-refractivity contribution >= 4 is 11.9 Å². The molecule has 0 fully saturated rings. The molecule has 17 heavy (non-hydrogen) atoms. The van der Waals surface area contributed by atoms with Gasteiger partial charge in [0.15, 0.2) is 0 Å². The van der Waals surface area contributed by atoms with E-state index in [0.717, 1.165) is 4.57 Å². The number of aliphatic hydroxyl groups excluding tert-OH is 1. The van der Waals surface area contributed by atoms with Crippen molar-refractivity contribution in [1.29, 1.82) is 0 Å². The van der Waals surface area contributed by atoms with Crippen molar-refractivity contribution in [2.24, 2.45) is 11.5 Å². The lowest BCUT2D eigenvalue weighted by molar-refractivity contribution is -0.138. The van der Waals surface area contributed by atoms with Gasteiger partial charge in [0, 0.05) is 12.6 Å². The van der Waals surface area contributed by atoms with E-state index in [9.17, 15) is 9.59 Å². The van der Waals surface area contributed by atoms with Gasteiger partial charge in [-0.1, -0.05) is 0 Å². The third kappa shape index (κ3) is 3.34. The minimum absolute atomic E-state index is 0.0178. The lowest BCUT2D eigenvalue weighted by atomic mass is 10.2. The van der Waals surface area contributed by atoms with Crippen LogP contribution in [0.4, 0.5) is 0 Å². The van der Waals surface area contributed by atoms with Gasteiger partial charge in [0.05, 0.1) is 12.3 Å². The number of carbonyl (C=O) groups excluding carboxylic acids is 1. The SMILES string of the molecule is N[C@@H](Cc1cn(C(=O)[C@@H](N)CO)cn1)C(=O)O. The summed E-state index contributed by atoms with van der Waals surface area (Å²) in [6.07, 6.45) is 2.58. The summed E-state index contributed by atoms with van der Waals surface area (Å²) >= 11 is 0. The number of aliphatic hydroxyl groups is 1. The van der Waals surface area contributed by atoms with E-state index >= 15 is 0 Å². The highest BCUT2D eigenvalue weighted by Gasteiger charge is 2.17. The van der Waals surface area contributed by atoms with Crippen molar-refractivity contribution in [3.8, 4) is 0 Å². The van der Waals surface area contributed by atoms with Crippen LogP contribution in [0.1, 0.15) is 10.5 Å². The first kappa shape index (κ1) is 13.3. The molecule has 1 rings (SSSR count). The van der Waals surface area contributed by atoms with E-state index in [1.807, 2.05) is 0 Å². The van der Waals surface area contributed by atoms with Crippen LogP contribution in [0.5, 0.6) is 0 Å². The summed E-state index contributed by atoms with van der Waals surface area (Å²) in [5, 5.41) is 17.3. The van der Waals surface area contributed by atoms with E-state index in [1.54, 1.807) is 0 Å². The molecular formula is C9H14N4O4. The second-order valence-electron chi connectivity index (χ2n) is 3.55. The Morgan fingerprint density at radius 3 is 2.59 bits per heavy atom. The molecule has 0 aliphatic rings. The first-order chi connectivity index (χ1) is 7.95. The number of rotatable bonds is 5. The maximum atomic E-state index is 11.5. The van der Waals surface area contributed by atoms with Gasteiger partial charge in [-0.2, -0.15) is 0 Å². The van der Waals surface area contributed by atoms with Crippen LogP contribution in [-0.4, -0.2) is 50.3 Å². The minimum atomic E-state index is -1.14. The number of nitrogens with two attached hydrogens (primary N) is 2. The molecule has 1 heterocycles. The van der Waals surface area contributed by atoms with Crippen LogP contribution in [0.2, 0.25) is 0 Å². The van der Waals surface area contributed by atoms with Crippen molar-refractivity contribution in [1.82, 2.24) is 9.55 Å². The molecule has 0 aromatic carbocycles. The maximum absolute atomic E-state index is 11.5. The molecule has 0 amide bonds. The Balaban J connectivity index is 2.71. The Kier molecular flexibility index (Phi) is 4.32. The molecule has 0 aliphatic carbocycles. The van der Waals surface area contributed by atoms with Crippen molar-refractivity contribution in [3.05, 3.63) is 18.2 Å². The second-order valence-corrected chi connectivity index (χ2v) is 3.55. The molecule has 2 atom stereocenters. The number of hydrogen-bond acceptors (Lipinski definition) is 6. The fourth-order valence-corrected chi connectivity index (χ4v) is 1.17. The van der Waals surface area contributed by atoms with Gasteiger partial charge in [0.25, 0.3) is 5.91 Å². The summed E-state index contributed by atoms with van der Waals surface area (Å²) in [6, 6.07) is -2.09. The van der Waals surface area contributed by atoms with E-state index in [2.05, 4.69) is 4.98 Å². The predicted octanol–water partition coefficient (Wildman–Crippen LogP) is -2.20. The van der Waals surface area contributed by atoms with E-state index in [1.165, 1.54) is 12.5 Å². The molecule has 8 heteroatoms. The smallest absolute Gasteiger partial charge is 0.320 e. The highest BCUT2D eigenvalue weighted by molar-refractivity contribution is 5.84. The van der Waals surface area contributed by atoms with Gasteiger partial charge in [0.2, 0.25) is 0 Å². The summed E-state index contributed by atoms with van der Waals surface area (Å²) in [6.45, 7) is -0.471. The van der Waals surface area contributed by atoms with Crippen molar-refractivity contribution in [2.45, 2.75) is 18.5 Å². The highest BCUT2D eigenvalue weighted by atomic mass is 16.4. The molecule has 1 aromatic rings. The molecule has 0 aliphatic heterocycles. The Morgan fingerprint density at radius 2 is 2.06 bits per heavy atom. The van der Waals surface area contributed by atoms with E-state index in [0.29, 0.717) is 5.69 Å². The molecule has 0 radical (unpaired) electrons. The van der Waals surface area contributed by atoms with Crippen LogP contribution in [0.3, 0.4) is 0 Å². The molecule has 8 nitrogen and oxygen atoms in total. The van der Waals surface area contributed by atoms with Gasteiger partial charge in [0.1, 0.15) is 18.4 Å². The Bertz CT molecular complexity index is 417. The zero-order valence-corrected chi connectivity index (χ0v) is 8.98. The Morgan fingerprint density at radius 1 is 1.41 bits per heavy atom. The number of aromatic nitrogens is 2. The minimum Gasteiger partial charge on any atom is -0.480 e. The van der Waals surface area contributed by atoms with Gasteiger partial charge in [-0.3, -0.25) is 14.2 Å². The van der Waals surface area contributed by atoms with Gasteiger partial charge in [-0.25, -0.2) is 4.98 Å². The summed E-state index contributed by atoms with van der Waals surface area (Å²) < 4.78 is 1.10. The Labute approximate surface area is 96.9 Å². The fourth-order valence-electron chi connectivity index (χ4n) is 1.17. The second kappa shape index (κ2) is 5.53. The quantitative estimate of drug-likeness (QED) is 0.458. The first-order valence-electron chi connectivity index (χ1n) is 4.87. The summed E-state index contributed by atoms with van der Waals surface area (Å²) in [5.74, 6) is -1.66. The third-order valence-corrected chi connectivity index (χ3v) is 2.15. The van der Waals surface area contributed by atoms with E-state index < -0.39 is 30.6 Å². The zero-order valence-electron chi connectivity index (χ0n) is 8.98. The molecule has 6 N–H and O–H groups in total. The topological polar surface area (TPSA) is 144 Å². The molecule has 0 bridgehead atoms. The third-order valence-electron chi connectivity index (χ3n) is 2.15. The van der Waals surface area contributed by atoms with Crippen LogP contribution in [0, 0.1) is 0 Å². The number of carbonyl (C=O) groups is 2. The number of nitrogens with zero attached hydrogens (tertiary/aromatic N) is 2. The van der Waals surface area contributed by atoms with Crippen LogP contribution >= 0.6 is 0 Å². The fraction of sp³-hybridized carbons (Fsp3) is 0.444. The molecule has 0 spiro atoms. The van der Waals surface area contributed by atoms with Gasteiger partial charge in [-0.05, 0) is 0 Å². The van der Waals surface area contributed by atoms with Crippen molar-refractivity contribution < 1.29 is 19.8 Å². The molecule has 0 saturated heterocycles. The lowest BCUT2D eigenvalue weighted by Gasteiger charge is -2.06. The largest absolute Gasteiger partial charge is 0.480 e. The van der Waals surface area contributed by atoms with Crippen molar-refractivity contribution in [3.63, 3.8) is 0 Å². The van der Waals surface area contributed by atoms with Crippen LogP contribution < -0.4 is 11.5 Å². The number of carboxylic acids is 1. The molecule has 0 unspecified atom stereocenters. The van der Waals surface area contributed by atoms with Gasteiger partial charge >= 0.3 is 5.97 Å². The summed E-state index contributed by atoms with van der Waals surface area (Å²) in [7, 11) is 0. The number of aliphatic carboxylic acids is 1. The molecular weight excluding hydrogens is 228 g/mol. The summed E-state index contributed by atoms with van der Waals surface area (Å²) in [5.41, 5.74) is 11.0. The predicted molar refractivity (Wildman–Crippen MR) is 57.2 cm³/mol. The standard InChI is InChI=1S/C9H14N4O4/c10-6(9(16)17)1-5-2-13(4-12-5)8(15)7(11)3-14/h2,4,6-7,14H,1,3,10-11H2,(H,16,17)/t6-,7-/m0/s1. The lowest BCUT2D eigenvalue weighted by Crippen LogP contribution is -2.37. The van der Waals surface area contributed by atoms with E-state index in [4.69, 9.17) is 21.7 Å². The average molecular weight is 242 g/mol. The molecule has 94 valence electrons. The number of carboxylic acid groups (broad SMARTS) is 1. The van der Waals surface area contributed by atoms with Crippen LogP contribution in [0.15, 0.2) is 12.5 Å². The molecule has 1 aromatic heterocycles. The number of hydrogen-bond donors (Lipinski definition) is 4. The van der Waals surface area contributed by atoms with Crippen LogP contribution in [-0.2, 0) is 11.2 Å². The average Bonchev–Trinajstić information content (AvgIpc) is 2.75. The highest BCUT2D eigenvalue weighted by Crippen LogP contribution is 2.01. The van der Waals surface area contributed by atoms with Crippen LogP contribution in [0.25, 0.3) is 0 Å². The first-order valence-corrected chi connectivity index (χ1v) is 4.87. The van der Waals surface area contributed by atoms with Crippen molar-refractivity contribution in [2.75, 3.05) is 6.61 Å². The van der Waals surface area contributed by atoms with Gasteiger partial charge < -0.3 is 21.7 Å².